The first kappa shape index (κ1) is 23.9. The molecular weight excluding hydrogens is 459 g/mol. The van der Waals surface area contributed by atoms with Gasteiger partial charge in [-0.2, -0.15) is 0 Å². The Kier molecular flexibility index (Phi) is 7.65. The van der Waals surface area contributed by atoms with E-state index in [9.17, 15) is 25.0 Å². The maximum Gasteiger partial charge on any atom is 0.274 e. The van der Waals surface area contributed by atoms with Gasteiger partial charge in [0.05, 0.1) is 32.4 Å². The summed E-state index contributed by atoms with van der Waals surface area (Å²) in [5, 5.41) is 22.8. The maximum atomic E-state index is 13.2. The van der Waals surface area contributed by atoms with Crippen molar-refractivity contribution < 1.29 is 14.6 Å². The first-order valence-corrected chi connectivity index (χ1v) is 10.8. The molecule has 11 heteroatoms. The van der Waals surface area contributed by atoms with E-state index in [1.807, 2.05) is 0 Å². The average Bonchev–Trinajstić information content (AvgIpc) is 3.27. The molecule has 2 aromatic rings. The fourth-order valence-electron chi connectivity index (χ4n) is 3.86. The standard InChI is InChI=1S/C21H22Cl2N4O5/c1-24(21(28)11-15-10-17(22)18(23)12-19(15)27(31)32)20(13-25-7-2-3-8-25)14-5-4-6-16(9-14)26(29)30/h4-6,9-10,12,20H,2-3,7-8,11,13H2,1H3. The van der Waals surface area contributed by atoms with Gasteiger partial charge in [-0.05, 0) is 37.6 Å². The molecule has 1 unspecified atom stereocenters. The molecule has 3 rings (SSSR count). The zero-order chi connectivity index (χ0) is 23.4. The normalized spacial score (nSPS) is 14.8. The van der Waals surface area contributed by atoms with Crippen LogP contribution in [-0.4, -0.2) is 52.2 Å². The number of amides is 1. The van der Waals surface area contributed by atoms with Crippen LogP contribution in [0.1, 0.15) is 30.0 Å². The summed E-state index contributed by atoms with van der Waals surface area (Å²) in [6.07, 6.45) is 1.85. The van der Waals surface area contributed by atoms with Gasteiger partial charge in [0.1, 0.15) is 0 Å². The van der Waals surface area contributed by atoms with Crippen molar-refractivity contribution in [2.24, 2.45) is 0 Å². The molecule has 170 valence electrons. The molecule has 1 fully saturated rings. The summed E-state index contributed by atoms with van der Waals surface area (Å²) in [5.41, 5.74) is 0.438. The van der Waals surface area contributed by atoms with Crippen molar-refractivity contribution in [2.45, 2.75) is 25.3 Å². The second kappa shape index (κ2) is 10.2. The molecule has 0 aromatic heterocycles. The largest absolute Gasteiger partial charge is 0.337 e. The van der Waals surface area contributed by atoms with E-state index in [2.05, 4.69) is 4.90 Å². The second-order valence-corrected chi connectivity index (χ2v) is 8.52. The summed E-state index contributed by atoms with van der Waals surface area (Å²) in [7, 11) is 1.60. The lowest BCUT2D eigenvalue weighted by atomic mass is 10.0. The smallest absolute Gasteiger partial charge is 0.274 e. The molecule has 0 radical (unpaired) electrons. The Labute approximate surface area is 194 Å². The highest BCUT2D eigenvalue weighted by molar-refractivity contribution is 6.42. The van der Waals surface area contributed by atoms with E-state index in [0.29, 0.717) is 12.1 Å². The van der Waals surface area contributed by atoms with Crippen LogP contribution in [0.15, 0.2) is 36.4 Å². The third-order valence-corrected chi connectivity index (χ3v) is 6.34. The monoisotopic (exact) mass is 480 g/mol. The SMILES string of the molecule is CN(C(=O)Cc1cc(Cl)c(Cl)cc1[N+](=O)[O-])C(CN1CCCC1)c1cccc([N+](=O)[O-])c1. The summed E-state index contributed by atoms with van der Waals surface area (Å²) >= 11 is 11.9. The topological polar surface area (TPSA) is 110 Å². The van der Waals surface area contributed by atoms with Crippen LogP contribution in [0.4, 0.5) is 11.4 Å². The van der Waals surface area contributed by atoms with E-state index in [1.54, 1.807) is 19.2 Å². The van der Waals surface area contributed by atoms with E-state index >= 15 is 0 Å². The summed E-state index contributed by atoms with van der Waals surface area (Å²) in [4.78, 5) is 38.5. The molecule has 1 saturated heterocycles. The van der Waals surface area contributed by atoms with Crippen LogP contribution >= 0.6 is 23.2 Å². The molecular formula is C21H22Cl2N4O5. The minimum Gasteiger partial charge on any atom is -0.337 e. The summed E-state index contributed by atoms with van der Waals surface area (Å²) < 4.78 is 0. The van der Waals surface area contributed by atoms with Gasteiger partial charge in [0.2, 0.25) is 5.91 Å². The predicted octanol–water partition coefficient (Wildman–Crippen LogP) is 4.65. The van der Waals surface area contributed by atoms with E-state index < -0.39 is 15.9 Å². The highest BCUT2D eigenvalue weighted by Crippen LogP contribution is 2.32. The van der Waals surface area contributed by atoms with Crippen molar-refractivity contribution in [2.75, 3.05) is 26.7 Å². The maximum absolute atomic E-state index is 13.2. The molecule has 1 heterocycles. The number of hydrogen-bond donors (Lipinski definition) is 0. The van der Waals surface area contributed by atoms with Gasteiger partial charge in [-0.1, -0.05) is 35.3 Å². The highest BCUT2D eigenvalue weighted by Gasteiger charge is 2.28. The summed E-state index contributed by atoms with van der Waals surface area (Å²) in [6.45, 7) is 2.27. The molecule has 0 aliphatic carbocycles. The minimum absolute atomic E-state index is 0.0337. The van der Waals surface area contributed by atoms with Crippen molar-refractivity contribution in [1.29, 1.82) is 0 Å². The number of nitro benzene ring substituents is 2. The molecule has 0 N–H and O–H groups in total. The van der Waals surface area contributed by atoms with Gasteiger partial charge in [-0.25, -0.2) is 0 Å². The number of carbonyl (C=O) groups excluding carboxylic acids is 1. The third kappa shape index (κ3) is 5.53. The van der Waals surface area contributed by atoms with Crippen molar-refractivity contribution in [1.82, 2.24) is 9.80 Å². The average molecular weight is 481 g/mol. The van der Waals surface area contributed by atoms with Gasteiger partial charge in [0, 0.05) is 37.4 Å². The van der Waals surface area contributed by atoms with Crippen LogP contribution in [0, 0.1) is 20.2 Å². The highest BCUT2D eigenvalue weighted by atomic mass is 35.5. The van der Waals surface area contributed by atoms with E-state index in [1.165, 1.54) is 23.1 Å². The zero-order valence-electron chi connectivity index (χ0n) is 17.4. The van der Waals surface area contributed by atoms with Gasteiger partial charge in [0.25, 0.3) is 11.4 Å². The van der Waals surface area contributed by atoms with Crippen molar-refractivity contribution in [3.05, 3.63) is 77.8 Å². The Morgan fingerprint density at radius 2 is 1.75 bits per heavy atom. The van der Waals surface area contributed by atoms with Gasteiger partial charge in [-0.15, -0.1) is 0 Å². The number of non-ortho nitro benzene ring substituents is 1. The summed E-state index contributed by atoms with van der Waals surface area (Å²) in [5.74, 6) is -0.373. The Morgan fingerprint density at radius 1 is 1.09 bits per heavy atom. The van der Waals surface area contributed by atoms with Gasteiger partial charge >= 0.3 is 0 Å². The van der Waals surface area contributed by atoms with E-state index in [-0.39, 0.29) is 39.3 Å². The Bertz CT molecular complexity index is 1040. The number of nitro groups is 2. The van der Waals surface area contributed by atoms with E-state index in [0.717, 1.165) is 32.0 Å². The van der Waals surface area contributed by atoms with Crippen LogP contribution in [0.2, 0.25) is 10.0 Å². The number of rotatable bonds is 8. The minimum atomic E-state index is -0.604. The lowest BCUT2D eigenvalue weighted by molar-refractivity contribution is -0.385. The quantitative estimate of drug-likeness (QED) is 0.401. The predicted molar refractivity (Wildman–Crippen MR) is 121 cm³/mol. The summed E-state index contributed by atoms with van der Waals surface area (Å²) in [6, 6.07) is 8.21. The number of carbonyl (C=O) groups is 1. The van der Waals surface area contributed by atoms with Gasteiger partial charge in [-0.3, -0.25) is 25.0 Å². The molecule has 1 atom stereocenters. The number of hydrogen-bond acceptors (Lipinski definition) is 6. The van der Waals surface area contributed by atoms with Crippen LogP contribution in [0.25, 0.3) is 0 Å². The molecule has 1 amide bonds. The fourth-order valence-corrected chi connectivity index (χ4v) is 4.20. The molecule has 1 aliphatic rings. The second-order valence-electron chi connectivity index (χ2n) is 7.71. The van der Waals surface area contributed by atoms with Crippen LogP contribution < -0.4 is 0 Å². The van der Waals surface area contributed by atoms with Crippen LogP contribution in [-0.2, 0) is 11.2 Å². The number of halogens is 2. The molecule has 32 heavy (non-hydrogen) atoms. The number of nitrogens with zero attached hydrogens (tertiary/aromatic N) is 4. The number of likely N-dealkylation sites (tertiary alicyclic amines) is 1. The molecule has 2 aromatic carbocycles. The molecule has 9 nitrogen and oxygen atoms in total. The Hall–Kier alpha value is -2.75. The third-order valence-electron chi connectivity index (χ3n) is 5.62. The fraction of sp³-hybridized carbons (Fsp3) is 0.381. The van der Waals surface area contributed by atoms with Crippen LogP contribution in [0.3, 0.4) is 0 Å². The number of benzene rings is 2. The first-order valence-electron chi connectivity index (χ1n) is 10.0. The van der Waals surface area contributed by atoms with Gasteiger partial charge in [0.15, 0.2) is 0 Å². The van der Waals surface area contributed by atoms with E-state index in [4.69, 9.17) is 23.2 Å². The Balaban J connectivity index is 1.90. The Morgan fingerprint density at radius 3 is 2.38 bits per heavy atom. The van der Waals surface area contributed by atoms with Gasteiger partial charge < -0.3 is 9.80 Å². The molecule has 0 spiro atoms. The molecule has 0 saturated carbocycles. The van der Waals surface area contributed by atoms with Crippen molar-refractivity contribution in [3.63, 3.8) is 0 Å². The van der Waals surface area contributed by atoms with Crippen LogP contribution in [0.5, 0.6) is 0 Å². The molecule has 0 bridgehead atoms. The number of likely N-dealkylation sites (N-methyl/N-ethyl adjacent to an activating group) is 1. The first-order chi connectivity index (χ1) is 15.2. The lowest BCUT2D eigenvalue weighted by Crippen LogP contribution is -2.39. The zero-order valence-corrected chi connectivity index (χ0v) is 18.9. The lowest BCUT2D eigenvalue weighted by Gasteiger charge is -2.32. The van der Waals surface area contributed by atoms with Crippen molar-refractivity contribution >= 4 is 40.5 Å². The van der Waals surface area contributed by atoms with Crippen molar-refractivity contribution in [3.8, 4) is 0 Å². The molecule has 1 aliphatic heterocycles.